The van der Waals surface area contributed by atoms with Crippen molar-refractivity contribution < 1.29 is 8.42 Å². The van der Waals surface area contributed by atoms with Crippen LogP contribution in [0.15, 0.2) is 54.6 Å². The van der Waals surface area contributed by atoms with Crippen LogP contribution in [0.2, 0.25) is 5.02 Å². The molecule has 2 N–H and O–H groups in total. The average molecular weight is 463 g/mol. The number of halogens is 1. The molecule has 0 atom stereocenters. The van der Waals surface area contributed by atoms with E-state index in [1.165, 1.54) is 4.31 Å². The first kappa shape index (κ1) is 21.1. The molecule has 0 aliphatic carbocycles. The Morgan fingerprint density at radius 1 is 0.967 bits per heavy atom. The monoisotopic (exact) mass is 462 g/mol. The predicted molar refractivity (Wildman–Crippen MR) is 125 cm³/mol. The Balaban J connectivity index is 1.57. The number of benzene rings is 2. The molecule has 6 nitrogen and oxygen atoms in total. The van der Waals surface area contributed by atoms with Crippen LogP contribution < -0.4 is 10.1 Å². The molecule has 4 rings (SSSR count). The molecule has 0 aromatic heterocycles. The van der Waals surface area contributed by atoms with Gasteiger partial charge >= 0.3 is 10.2 Å². The smallest absolute Gasteiger partial charge is 0.295 e. The van der Waals surface area contributed by atoms with E-state index in [1.807, 2.05) is 54.6 Å². The number of hydrazine groups is 1. The fraction of sp³-hybridized carbons (Fsp3) is 0.286. The summed E-state index contributed by atoms with van der Waals surface area (Å²) >= 11 is 11.5. The molecule has 2 heterocycles. The zero-order valence-electron chi connectivity index (χ0n) is 16.3. The van der Waals surface area contributed by atoms with E-state index in [9.17, 15) is 8.42 Å². The topological polar surface area (TPSA) is 64.7 Å². The van der Waals surface area contributed by atoms with Crippen LogP contribution in [-0.4, -0.2) is 42.5 Å². The lowest BCUT2D eigenvalue weighted by atomic mass is 10.0. The zero-order valence-corrected chi connectivity index (χ0v) is 18.7. The van der Waals surface area contributed by atoms with E-state index < -0.39 is 10.2 Å². The van der Waals surface area contributed by atoms with Crippen molar-refractivity contribution in [1.82, 2.24) is 19.5 Å². The maximum absolute atomic E-state index is 12.7. The summed E-state index contributed by atoms with van der Waals surface area (Å²) in [7, 11) is -3.67. The van der Waals surface area contributed by atoms with Crippen LogP contribution in [0, 0.1) is 0 Å². The average Bonchev–Trinajstić information content (AvgIpc) is 3.21. The highest BCUT2D eigenvalue weighted by molar-refractivity contribution is 7.89. The van der Waals surface area contributed by atoms with Crippen LogP contribution in [0.5, 0.6) is 0 Å². The van der Waals surface area contributed by atoms with Crippen molar-refractivity contribution >= 4 is 50.4 Å². The molecule has 0 spiro atoms. The molecule has 30 heavy (non-hydrogen) atoms. The second-order valence-corrected chi connectivity index (χ2v) is 9.79. The summed E-state index contributed by atoms with van der Waals surface area (Å²) in [5.74, 6) is 0. The summed E-state index contributed by atoms with van der Waals surface area (Å²) in [5.41, 5.74) is 7.17. The van der Waals surface area contributed by atoms with E-state index in [4.69, 9.17) is 23.8 Å². The maximum atomic E-state index is 12.7. The van der Waals surface area contributed by atoms with E-state index in [2.05, 4.69) is 10.1 Å². The summed E-state index contributed by atoms with van der Waals surface area (Å²) in [4.78, 5) is 0. The predicted octanol–water partition coefficient (Wildman–Crippen LogP) is 3.63. The van der Waals surface area contributed by atoms with Crippen LogP contribution in [0.1, 0.15) is 30.4 Å². The molecule has 1 saturated heterocycles. The molecule has 2 aromatic carbocycles. The molecule has 158 valence electrons. The number of hydrogen-bond donors (Lipinski definition) is 2. The molecular weight excluding hydrogens is 440 g/mol. The van der Waals surface area contributed by atoms with E-state index >= 15 is 0 Å². The largest absolute Gasteiger partial charge is 0.303 e. The Morgan fingerprint density at radius 3 is 2.30 bits per heavy atom. The van der Waals surface area contributed by atoms with Crippen molar-refractivity contribution in [3.05, 3.63) is 70.7 Å². The van der Waals surface area contributed by atoms with Gasteiger partial charge in [0.05, 0.1) is 12.2 Å². The number of thiocarbonyl (C=S) groups is 1. The standard InChI is InChI=1S/C21H23ClN4O2S2/c22-18-11-9-17(10-12-18)20-19(16-7-3-1-4-8-16)15-26(23-20)21(29)24-30(27,28)25-13-5-2-6-14-25/h1,3-4,7-12,23H,2,5-6,13-15H2,(H,24,29). The van der Waals surface area contributed by atoms with Gasteiger partial charge in [0, 0.05) is 23.7 Å². The minimum atomic E-state index is -3.67. The van der Waals surface area contributed by atoms with Crippen molar-refractivity contribution in [2.45, 2.75) is 19.3 Å². The van der Waals surface area contributed by atoms with E-state index in [0.717, 1.165) is 41.7 Å². The van der Waals surface area contributed by atoms with Gasteiger partial charge in [-0.1, -0.05) is 60.5 Å². The van der Waals surface area contributed by atoms with Gasteiger partial charge in [-0.05, 0) is 48.3 Å². The second kappa shape index (κ2) is 8.93. The zero-order chi connectivity index (χ0) is 21.1. The fourth-order valence-corrected chi connectivity index (χ4v) is 5.42. The van der Waals surface area contributed by atoms with E-state index in [1.54, 1.807) is 5.01 Å². The quantitative estimate of drug-likeness (QED) is 0.679. The first-order chi connectivity index (χ1) is 14.4. The molecule has 0 bridgehead atoms. The van der Waals surface area contributed by atoms with Gasteiger partial charge in [0.15, 0.2) is 0 Å². The number of piperidine rings is 1. The first-order valence-corrected chi connectivity index (χ1v) is 12.1. The number of nitrogens with zero attached hydrogens (tertiary/aromatic N) is 2. The third-order valence-corrected chi connectivity index (χ3v) is 7.44. The molecule has 0 radical (unpaired) electrons. The first-order valence-electron chi connectivity index (χ1n) is 9.84. The molecular formula is C21H23ClN4O2S2. The van der Waals surface area contributed by atoms with Crippen LogP contribution in [-0.2, 0) is 10.2 Å². The summed E-state index contributed by atoms with van der Waals surface area (Å²) in [5, 5.41) is 2.43. The molecule has 0 unspecified atom stereocenters. The molecule has 2 aliphatic heterocycles. The van der Waals surface area contributed by atoms with Crippen molar-refractivity contribution in [1.29, 1.82) is 0 Å². The van der Waals surface area contributed by atoms with Gasteiger partial charge in [-0.3, -0.25) is 10.4 Å². The highest BCUT2D eigenvalue weighted by atomic mass is 35.5. The number of rotatable bonds is 4. The second-order valence-electron chi connectivity index (χ2n) is 7.30. The Bertz CT molecular complexity index is 1050. The maximum Gasteiger partial charge on any atom is 0.303 e. The lowest BCUT2D eigenvalue weighted by molar-refractivity contribution is 0.343. The molecule has 0 saturated carbocycles. The SMILES string of the molecule is O=S(=O)(NC(=S)N1CC(c2ccccc2)=C(c2ccc(Cl)cc2)N1)N1CCCCC1. The summed E-state index contributed by atoms with van der Waals surface area (Å²) in [6.07, 6.45) is 2.80. The molecule has 9 heteroatoms. The Kier molecular flexibility index (Phi) is 6.29. The van der Waals surface area contributed by atoms with Gasteiger partial charge < -0.3 is 0 Å². The normalized spacial score (nSPS) is 17.7. The lowest BCUT2D eigenvalue weighted by Crippen LogP contribution is -2.51. The Morgan fingerprint density at radius 2 is 1.63 bits per heavy atom. The number of hydrogen-bond acceptors (Lipinski definition) is 4. The Hall–Kier alpha value is -2.13. The fourth-order valence-electron chi connectivity index (χ4n) is 3.67. The Labute approximate surface area is 187 Å². The van der Waals surface area contributed by atoms with Crippen LogP contribution >= 0.6 is 23.8 Å². The van der Waals surface area contributed by atoms with Crippen molar-refractivity contribution in [3.63, 3.8) is 0 Å². The highest BCUT2D eigenvalue weighted by Gasteiger charge is 2.30. The number of nitrogens with one attached hydrogen (secondary N) is 2. The third kappa shape index (κ3) is 4.62. The summed E-state index contributed by atoms with van der Waals surface area (Å²) in [6.45, 7) is 1.48. The summed E-state index contributed by atoms with van der Waals surface area (Å²) in [6, 6.07) is 17.5. The van der Waals surface area contributed by atoms with Gasteiger partial charge in [0.2, 0.25) is 5.11 Å². The van der Waals surface area contributed by atoms with Crippen molar-refractivity contribution in [2.75, 3.05) is 19.6 Å². The summed E-state index contributed by atoms with van der Waals surface area (Å²) < 4.78 is 29.5. The van der Waals surface area contributed by atoms with Gasteiger partial charge in [0.1, 0.15) is 0 Å². The highest BCUT2D eigenvalue weighted by Crippen LogP contribution is 2.31. The van der Waals surface area contributed by atoms with Crippen LogP contribution in [0.25, 0.3) is 11.3 Å². The van der Waals surface area contributed by atoms with Crippen molar-refractivity contribution in [3.8, 4) is 0 Å². The van der Waals surface area contributed by atoms with Gasteiger partial charge in [-0.25, -0.2) is 4.72 Å². The minimum absolute atomic E-state index is 0.123. The minimum Gasteiger partial charge on any atom is -0.295 e. The van der Waals surface area contributed by atoms with Gasteiger partial charge in [-0.2, -0.15) is 12.7 Å². The third-order valence-electron chi connectivity index (χ3n) is 5.24. The molecule has 0 amide bonds. The molecule has 1 fully saturated rings. The van der Waals surface area contributed by atoms with E-state index in [0.29, 0.717) is 24.7 Å². The van der Waals surface area contributed by atoms with Crippen molar-refractivity contribution in [2.24, 2.45) is 0 Å². The van der Waals surface area contributed by atoms with Gasteiger partial charge in [-0.15, -0.1) is 0 Å². The van der Waals surface area contributed by atoms with E-state index in [-0.39, 0.29) is 5.11 Å². The van der Waals surface area contributed by atoms with Crippen LogP contribution in [0.3, 0.4) is 0 Å². The molecule has 2 aliphatic rings. The van der Waals surface area contributed by atoms with Gasteiger partial charge in [0.25, 0.3) is 0 Å². The van der Waals surface area contributed by atoms with Crippen LogP contribution in [0.4, 0.5) is 0 Å². The lowest BCUT2D eigenvalue weighted by Gasteiger charge is -2.28. The molecule has 2 aromatic rings.